The van der Waals surface area contributed by atoms with E-state index in [1.54, 1.807) is 0 Å². The number of para-hydroxylation sites is 3. The first-order valence-electron chi connectivity index (χ1n) is 21.9. The van der Waals surface area contributed by atoms with Crippen LogP contribution in [-0.2, 0) is 11.8 Å². The lowest BCUT2D eigenvalue weighted by Gasteiger charge is -2.25. The average Bonchev–Trinajstić information content (AvgIpc) is 3.89. The summed E-state index contributed by atoms with van der Waals surface area (Å²) in [6.45, 7) is 6.80. The third-order valence-corrected chi connectivity index (χ3v) is 12.5. The molecule has 0 amide bonds. The van der Waals surface area contributed by atoms with Gasteiger partial charge in [0.2, 0.25) is 0 Å². The molecule has 0 saturated carbocycles. The topological polar surface area (TPSA) is 35.9 Å². The van der Waals surface area contributed by atoms with Gasteiger partial charge in [0.05, 0.1) is 33.4 Å². The molecule has 11 aromatic rings. The van der Waals surface area contributed by atoms with Crippen LogP contribution in [0.25, 0.3) is 72.3 Å². The van der Waals surface area contributed by atoms with Gasteiger partial charge in [0.15, 0.2) is 0 Å². The summed E-state index contributed by atoms with van der Waals surface area (Å²) in [7, 11) is 0. The maximum absolute atomic E-state index is 6.79. The van der Waals surface area contributed by atoms with Gasteiger partial charge in [-0.25, -0.2) is 4.98 Å². The summed E-state index contributed by atoms with van der Waals surface area (Å²) in [5.74, 6) is 2.35. The van der Waals surface area contributed by atoms with Crippen LogP contribution in [-0.4, -0.2) is 14.1 Å². The van der Waals surface area contributed by atoms with Crippen molar-refractivity contribution in [2.45, 2.75) is 32.6 Å². The number of imidazole rings is 1. The molecule has 0 fully saturated rings. The van der Waals surface area contributed by atoms with Crippen molar-refractivity contribution in [1.29, 1.82) is 0 Å². The first kappa shape index (κ1) is 38.9. The third-order valence-electron chi connectivity index (χ3n) is 12.5. The Balaban J connectivity index is 0.994. The molecule has 0 spiro atoms. The van der Waals surface area contributed by atoms with Crippen LogP contribution in [0.1, 0.15) is 30.5 Å². The van der Waals surface area contributed by atoms with E-state index < -0.39 is 0 Å². The molecule has 0 aliphatic rings. The molecular formula is C59H46N4O. The molecular weight excluding hydrogens is 781 g/mol. The number of nitrogens with zero attached hydrogens (tertiary/aromatic N) is 4. The van der Waals surface area contributed by atoms with Gasteiger partial charge in [-0.2, -0.15) is 0 Å². The van der Waals surface area contributed by atoms with Gasteiger partial charge in [0.25, 0.3) is 6.33 Å². The van der Waals surface area contributed by atoms with Crippen LogP contribution in [0.3, 0.4) is 0 Å². The Hall–Kier alpha value is -8.02. The van der Waals surface area contributed by atoms with Crippen molar-refractivity contribution in [3.05, 3.63) is 235 Å². The van der Waals surface area contributed by atoms with Gasteiger partial charge >= 0.3 is 0 Å². The second-order valence-corrected chi connectivity index (χ2v) is 17.2. The van der Waals surface area contributed by atoms with Gasteiger partial charge < -0.3 is 4.74 Å². The fourth-order valence-electron chi connectivity index (χ4n) is 9.44. The molecule has 8 aromatic carbocycles. The monoisotopic (exact) mass is 826 g/mol. The summed E-state index contributed by atoms with van der Waals surface area (Å²) in [6.07, 6.45) is 6.66. The Labute approximate surface area is 373 Å². The average molecular weight is 827 g/mol. The highest BCUT2D eigenvalue weighted by Gasteiger charge is 2.23. The molecule has 3 aromatic heterocycles. The van der Waals surface area contributed by atoms with Crippen molar-refractivity contribution in [1.82, 2.24) is 14.1 Å². The van der Waals surface area contributed by atoms with Gasteiger partial charge in [0.1, 0.15) is 17.3 Å². The summed E-state index contributed by atoms with van der Waals surface area (Å²) in [4.78, 5) is 4.96. The quantitative estimate of drug-likeness (QED) is 0.102. The molecule has 0 radical (unpaired) electrons. The van der Waals surface area contributed by atoms with E-state index in [9.17, 15) is 0 Å². The SMILES string of the molecule is Cc1cccc2c1[n+](-c1c(-c3ccccc3)cccc1-c1ccccc1)[c-]n2-c1cccc(Oc2ccc3c4ccccc4n(-c4cc(CC(C)(C)c5ccccc5)ccn4)c3c2)c1. The zero-order valence-electron chi connectivity index (χ0n) is 36.1. The predicted molar refractivity (Wildman–Crippen MR) is 261 cm³/mol. The van der Waals surface area contributed by atoms with Crippen molar-refractivity contribution in [3.63, 3.8) is 0 Å². The minimum absolute atomic E-state index is 0.0439. The molecule has 0 atom stereocenters. The summed E-state index contributed by atoms with van der Waals surface area (Å²) < 4.78 is 13.5. The van der Waals surface area contributed by atoms with Crippen molar-refractivity contribution < 1.29 is 9.30 Å². The Bertz CT molecular complexity index is 3420. The number of hydrogen-bond donors (Lipinski definition) is 0. The molecule has 0 aliphatic carbocycles. The van der Waals surface area contributed by atoms with Gasteiger partial charge in [-0.05, 0) is 106 Å². The van der Waals surface area contributed by atoms with Crippen LogP contribution in [0.15, 0.2) is 212 Å². The van der Waals surface area contributed by atoms with Gasteiger partial charge in [-0.1, -0.05) is 166 Å². The standard InChI is InChI=1S/C59H46N4O/c1-41-18-15-31-54-57(41)62(58-49(43-19-7-4-8-20-43)28-17-29-50(58)44-21-9-5-10-22-44)40-61(54)46-25-16-26-47(37-46)64-48-32-33-52-51-27-13-14-30-53(51)63(55(52)38-48)56-36-42(34-35-60-56)39-59(2,3)45-23-11-6-12-24-45/h4-38H,39H2,1-3H3. The van der Waals surface area contributed by atoms with E-state index in [2.05, 4.69) is 241 Å². The van der Waals surface area contributed by atoms with E-state index in [0.717, 1.165) is 90.4 Å². The van der Waals surface area contributed by atoms with E-state index in [0.29, 0.717) is 0 Å². The van der Waals surface area contributed by atoms with Crippen molar-refractivity contribution in [2.24, 2.45) is 0 Å². The molecule has 0 N–H and O–H groups in total. The lowest BCUT2D eigenvalue weighted by Crippen LogP contribution is -2.32. The molecule has 0 aliphatic heterocycles. The van der Waals surface area contributed by atoms with Crippen LogP contribution >= 0.6 is 0 Å². The van der Waals surface area contributed by atoms with Crippen LogP contribution in [0.2, 0.25) is 0 Å². The van der Waals surface area contributed by atoms with Crippen molar-refractivity contribution >= 4 is 32.8 Å². The second-order valence-electron chi connectivity index (χ2n) is 17.2. The van der Waals surface area contributed by atoms with Crippen LogP contribution < -0.4 is 9.30 Å². The van der Waals surface area contributed by atoms with Crippen LogP contribution in [0, 0.1) is 13.3 Å². The number of rotatable bonds is 10. The van der Waals surface area contributed by atoms with E-state index in [1.807, 2.05) is 12.3 Å². The first-order valence-corrected chi connectivity index (χ1v) is 21.9. The fraction of sp³-hybridized carbons (Fsp3) is 0.0847. The Morgan fingerprint density at radius 1 is 0.562 bits per heavy atom. The van der Waals surface area contributed by atoms with Crippen molar-refractivity contribution in [2.75, 3.05) is 0 Å². The van der Waals surface area contributed by atoms with Crippen molar-refractivity contribution in [3.8, 4) is 50.9 Å². The number of fused-ring (bicyclic) bond motifs is 4. The lowest BCUT2D eigenvalue weighted by molar-refractivity contribution is -0.571. The smallest absolute Gasteiger partial charge is 0.269 e. The Morgan fingerprint density at radius 2 is 1.19 bits per heavy atom. The van der Waals surface area contributed by atoms with Crippen LogP contribution in [0.4, 0.5) is 0 Å². The zero-order valence-corrected chi connectivity index (χ0v) is 36.1. The number of aromatic nitrogens is 4. The summed E-state index contributed by atoms with van der Waals surface area (Å²) in [5.41, 5.74) is 14.5. The molecule has 11 rings (SSSR count). The van der Waals surface area contributed by atoms with Gasteiger partial charge in [-0.3, -0.25) is 13.7 Å². The summed E-state index contributed by atoms with van der Waals surface area (Å²) in [5, 5.41) is 2.32. The minimum Gasteiger partial charge on any atom is -0.458 e. The number of aryl methyl sites for hydroxylation is 1. The Morgan fingerprint density at radius 3 is 1.94 bits per heavy atom. The third kappa shape index (κ3) is 7.01. The molecule has 3 heterocycles. The highest BCUT2D eigenvalue weighted by molar-refractivity contribution is 6.09. The molecule has 0 unspecified atom stereocenters. The summed E-state index contributed by atoms with van der Waals surface area (Å²) in [6, 6.07) is 72.7. The molecule has 0 saturated heterocycles. The second kappa shape index (κ2) is 16.0. The normalized spacial score (nSPS) is 11.7. The largest absolute Gasteiger partial charge is 0.458 e. The highest BCUT2D eigenvalue weighted by atomic mass is 16.5. The van der Waals surface area contributed by atoms with E-state index in [4.69, 9.17) is 9.72 Å². The molecule has 64 heavy (non-hydrogen) atoms. The maximum Gasteiger partial charge on any atom is 0.269 e. The minimum atomic E-state index is -0.0439. The number of benzene rings is 8. The first-order chi connectivity index (χ1) is 31.4. The molecule has 5 heteroatoms. The number of hydrogen-bond acceptors (Lipinski definition) is 2. The van der Waals surface area contributed by atoms with Gasteiger partial charge in [-0.15, -0.1) is 0 Å². The maximum atomic E-state index is 6.79. The summed E-state index contributed by atoms with van der Waals surface area (Å²) >= 11 is 0. The van der Waals surface area contributed by atoms with Gasteiger partial charge in [0, 0.05) is 23.0 Å². The Kier molecular flexibility index (Phi) is 9.73. The van der Waals surface area contributed by atoms with E-state index in [1.165, 1.54) is 16.5 Å². The number of ether oxygens (including phenoxy) is 1. The van der Waals surface area contributed by atoms with E-state index >= 15 is 0 Å². The molecule has 5 nitrogen and oxygen atoms in total. The zero-order chi connectivity index (χ0) is 43.2. The fourth-order valence-corrected chi connectivity index (χ4v) is 9.44. The lowest BCUT2D eigenvalue weighted by atomic mass is 9.79. The highest BCUT2D eigenvalue weighted by Crippen LogP contribution is 2.38. The molecule has 0 bridgehead atoms. The van der Waals surface area contributed by atoms with E-state index in [-0.39, 0.29) is 5.41 Å². The van der Waals surface area contributed by atoms with Crippen LogP contribution in [0.5, 0.6) is 11.5 Å². The number of pyridine rings is 1. The predicted octanol–water partition coefficient (Wildman–Crippen LogP) is 14.2. The molecule has 308 valence electrons.